The molecule has 35 heavy (non-hydrogen) atoms. The number of hydrogen-bond acceptors (Lipinski definition) is 10. The number of nitrogens with two attached hydrogens (primary N) is 1. The molecule has 1 aliphatic carbocycles. The molecule has 1 saturated heterocycles. The van der Waals surface area contributed by atoms with Gasteiger partial charge in [0.05, 0.1) is 18.8 Å². The lowest BCUT2D eigenvalue weighted by molar-refractivity contribution is -0.159. The topological polar surface area (TPSA) is 153 Å². The largest absolute Gasteiger partial charge is 0.462 e. The predicted molar refractivity (Wildman–Crippen MR) is 123 cm³/mol. The molecule has 1 aliphatic heterocycles. The van der Waals surface area contributed by atoms with Crippen LogP contribution in [0.4, 0.5) is 10.3 Å². The van der Waals surface area contributed by atoms with E-state index in [2.05, 4.69) is 15.1 Å². The second-order valence-electron chi connectivity index (χ2n) is 8.36. The average molecular weight is 484 g/mol. The maximum absolute atomic E-state index is 15.0. The third-order valence-corrected chi connectivity index (χ3v) is 5.50. The van der Waals surface area contributed by atoms with Crippen molar-refractivity contribution in [3.63, 3.8) is 0 Å². The van der Waals surface area contributed by atoms with E-state index in [1.807, 2.05) is 4.90 Å². The third kappa shape index (κ3) is 6.08. The molecular weight excluding hydrogens is 459 g/mol. The maximum Gasteiger partial charge on any atom is 0.313 e. The molecule has 11 nitrogen and oxygen atoms in total. The van der Waals surface area contributed by atoms with Gasteiger partial charge in [-0.15, -0.1) is 0 Å². The smallest absolute Gasteiger partial charge is 0.313 e. The highest BCUT2D eigenvalue weighted by Crippen LogP contribution is 2.28. The first-order valence-electron chi connectivity index (χ1n) is 11.0. The van der Waals surface area contributed by atoms with Gasteiger partial charge < -0.3 is 24.9 Å². The second-order valence-corrected chi connectivity index (χ2v) is 8.36. The Balaban J connectivity index is 1.28. The summed E-state index contributed by atoms with van der Waals surface area (Å²) in [5.74, 6) is -1.36. The number of amidine groups is 1. The molecule has 0 amide bonds. The monoisotopic (exact) mass is 484 g/mol. The summed E-state index contributed by atoms with van der Waals surface area (Å²) in [6.45, 7) is 2.16. The van der Waals surface area contributed by atoms with Gasteiger partial charge in [0.1, 0.15) is 36.9 Å². The van der Waals surface area contributed by atoms with Crippen molar-refractivity contribution >= 4 is 29.4 Å². The van der Waals surface area contributed by atoms with E-state index in [1.165, 1.54) is 25.4 Å². The predicted octanol–water partition coefficient (Wildman–Crippen LogP) is 1.94. The van der Waals surface area contributed by atoms with E-state index >= 15 is 0 Å². The van der Waals surface area contributed by atoms with E-state index < -0.39 is 11.8 Å². The van der Waals surface area contributed by atoms with Crippen LogP contribution in [0.3, 0.4) is 0 Å². The molecule has 2 heterocycles. The fraction of sp³-hybridized carbons (Fsp3) is 0.391. The molecule has 0 radical (unpaired) electrons. The lowest BCUT2D eigenvalue weighted by atomic mass is 9.92. The number of ether oxygens (including phenoxy) is 2. The summed E-state index contributed by atoms with van der Waals surface area (Å²) in [4.78, 5) is 38.5. The van der Waals surface area contributed by atoms with Crippen molar-refractivity contribution in [1.82, 2.24) is 9.97 Å². The summed E-state index contributed by atoms with van der Waals surface area (Å²) >= 11 is 0. The van der Waals surface area contributed by atoms with Gasteiger partial charge in [0.2, 0.25) is 5.95 Å². The van der Waals surface area contributed by atoms with Gasteiger partial charge >= 0.3 is 11.9 Å². The first-order chi connectivity index (χ1) is 16.8. The van der Waals surface area contributed by atoms with Gasteiger partial charge in [-0.25, -0.2) is 14.4 Å². The van der Waals surface area contributed by atoms with Gasteiger partial charge in [-0.3, -0.25) is 15.0 Å². The zero-order valence-corrected chi connectivity index (χ0v) is 19.1. The molecular formula is C23H25FN6O5. The number of nitrogens with zero attached hydrogens (tertiary/aromatic N) is 4. The standard InChI is InChI=1S/C23H25FN6O5/c1-13(31)34-17-5-18(6-17)35-29-16-10-30(11-16)23-27-8-15(9-28-23)19-4-2-3-14(22(19)24)12-33-21(32)7-20(25)26/h2-4,8-9,17-18H,5-7,10-12H2,1H3,(H3,25,26). The van der Waals surface area contributed by atoms with Crippen LogP contribution >= 0.6 is 0 Å². The van der Waals surface area contributed by atoms with Crippen LogP contribution in [0.15, 0.2) is 35.7 Å². The lowest BCUT2D eigenvalue weighted by Crippen LogP contribution is -2.49. The van der Waals surface area contributed by atoms with E-state index in [0.29, 0.717) is 37.4 Å². The first-order valence-corrected chi connectivity index (χ1v) is 11.0. The Kier molecular flexibility index (Phi) is 7.18. The van der Waals surface area contributed by atoms with Crippen LogP contribution in [-0.4, -0.2) is 58.8 Å². The van der Waals surface area contributed by atoms with Crippen LogP contribution < -0.4 is 10.6 Å². The molecule has 1 aromatic carbocycles. The number of esters is 2. The summed E-state index contributed by atoms with van der Waals surface area (Å²) in [6.07, 6.45) is 3.87. The molecule has 0 unspecified atom stereocenters. The Hall–Kier alpha value is -4.09. The zero-order valence-electron chi connectivity index (χ0n) is 19.1. The summed E-state index contributed by atoms with van der Waals surface area (Å²) in [5, 5.41) is 11.3. The average Bonchev–Trinajstić information content (AvgIpc) is 2.75. The number of carbonyl (C=O) groups excluding carboxylic acids is 2. The molecule has 0 bridgehead atoms. The van der Waals surface area contributed by atoms with Crippen LogP contribution in [-0.2, 0) is 30.5 Å². The van der Waals surface area contributed by atoms with Gasteiger partial charge in [-0.2, -0.15) is 0 Å². The molecule has 1 saturated carbocycles. The Morgan fingerprint density at radius 2 is 1.94 bits per heavy atom. The van der Waals surface area contributed by atoms with Crippen LogP contribution in [0.2, 0.25) is 0 Å². The van der Waals surface area contributed by atoms with E-state index in [4.69, 9.17) is 25.5 Å². The minimum Gasteiger partial charge on any atom is -0.462 e. The second kappa shape index (κ2) is 10.5. The Morgan fingerprint density at radius 1 is 1.23 bits per heavy atom. The number of rotatable bonds is 9. The molecule has 1 aromatic heterocycles. The SMILES string of the molecule is CC(=O)OC1CC(ON=C2CN(c3ncc(-c4cccc(COC(=O)CC(=N)N)c4F)cn3)C2)C1. The molecule has 4 rings (SSSR count). The summed E-state index contributed by atoms with van der Waals surface area (Å²) in [5.41, 5.74) is 6.97. The van der Waals surface area contributed by atoms with Crippen molar-refractivity contribution in [2.75, 3.05) is 18.0 Å². The molecule has 2 fully saturated rings. The number of halogens is 1. The molecule has 3 N–H and O–H groups in total. The molecule has 2 aromatic rings. The van der Waals surface area contributed by atoms with Gasteiger partial charge in [0.25, 0.3) is 0 Å². The van der Waals surface area contributed by atoms with Gasteiger partial charge in [0, 0.05) is 48.8 Å². The minimum absolute atomic E-state index is 0.0419. The summed E-state index contributed by atoms with van der Waals surface area (Å²) in [6, 6.07) is 4.75. The number of carbonyl (C=O) groups is 2. The molecule has 0 atom stereocenters. The van der Waals surface area contributed by atoms with Gasteiger partial charge in [0.15, 0.2) is 0 Å². The third-order valence-electron chi connectivity index (χ3n) is 5.50. The van der Waals surface area contributed by atoms with Crippen molar-refractivity contribution in [3.05, 3.63) is 42.0 Å². The number of oxime groups is 1. The Labute approximate surface area is 200 Å². The van der Waals surface area contributed by atoms with Crippen molar-refractivity contribution in [1.29, 1.82) is 5.41 Å². The minimum atomic E-state index is -0.697. The highest BCUT2D eigenvalue weighted by Gasteiger charge is 2.34. The summed E-state index contributed by atoms with van der Waals surface area (Å²) < 4.78 is 25.0. The van der Waals surface area contributed by atoms with Crippen LogP contribution in [0.25, 0.3) is 11.1 Å². The van der Waals surface area contributed by atoms with Crippen LogP contribution in [0, 0.1) is 11.2 Å². The van der Waals surface area contributed by atoms with E-state index in [-0.39, 0.29) is 48.2 Å². The van der Waals surface area contributed by atoms with E-state index in [1.54, 1.807) is 12.1 Å². The quantitative estimate of drug-likeness (QED) is 0.235. The number of nitrogens with one attached hydrogen (secondary N) is 1. The fourth-order valence-electron chi connectivity index (χ4n) is 3.58. The van der Waals surface area contributed by atoms with Gasteiger partial charge in [-0.1, -0.05) is 23.4 Å². The van der Waals surface area contributed by atoms with E-state index in [9.17, 15) is 14.0 Å². The fourth-order valence-corrected chi connectivity index (χ4v) is 3.58. The van der Waals surface area contributed by atoms with Crippen LogP contribution in [0.1, 0.15) is 31.7 Å². The highest BCUT2D eigenvalue weighted by molar-refractivity contribution is 5.98. The number of hydrogen-bond donors (Lipinski definition) is 2. The van der Waals surface area contributed by atoms with Crippen molar-refractivity contribution in [2.24, 2.45) is 10.9 Å². The van der Waals surface area contributed by atoms with Crippen molar-refractivity contribution in [3.8, 4) is 11.1 Å². The normalized spacial score (nSPS) is 18.7. The first kappa shape index (κ1) is 24.0. The highest BCUT2D eigenvalue weighted by atomic mass is 19.1. The van der Waals surface area contributed by atoms with E-state index in [0.717, 1.165) is 5.71 Å². The summed E-state index contributed by atoms with van der Waals surface area (Å²) in [7, 11) is 0. The number of benzene rings is 1. The molecule has 2 aliphatic rings. The van der Waals surface area contributed by atoms with Crippen LogP contribution in [0.5, 0.6) is 0 Å². The Morgan fingerprint density at radius 3 is 2.60 bits per heavy atom. The number of aromatic nitrogens is 2. The lowest BCUT2D eigenvalue weighted by Gasteiger charge is -2.35. The number of anilines is 1. The zero-order chi connectivity index (χ0) is 24.9. The molecule has 184 valence electrons. The van der Waals surface area contributed by atoms with Crippen molar-refractivity contribution < 1.29 is 28.3 Å². The Bertz CT molecular complexity index is 1140. The van der Waals surface area contributed by atoms with Gasteiger partial charge in [-0.05, 0) is 0 Å². The molecule has 0 spiro atoms. The van der Waals surface area contributed by atoms with Crippen molar-refractivity contribution in [2.45, 2.75) is 45.0 Å². The molecule has 12 heteroatoms. The maximum atomic E-state index is 15.0.